The first-order chi connectivity index (χ1) is 13.3. The molecule has 0 N–H and O–H groups in total. The number of hydrogen-bond acceptors (Lipinski definition) is 2. The fraction of sp³-hybridized carbons (Fsp3) is 0.682. The van der Waals surface area contributed by atoms with Crippen molar-refractivity contribution >= 4 is 11.6 Å². The Kier molecular flexibility index (Phi) is 4.18. The number of alkyl halides is 3. The summed E-state index contributed by atoms with van der Waals surface area (Å²) < 4.78 is 39.0. The summed E-state index contributed by atoms with van der Waals surface area (Å²) in [6, 6.07) is 5.52. The van der Waals surface area contributed by atoms with E-state index in [4.69, 9.17) is 0 Å². The van der Waals surface area contributed by atoms with Crippen LogP contribution in [0.25, 0.3) is 0 Å². The molecule has 0 radical (unpaired) electrons. The maximum Gasteiger partial charge on any atom is 0.416 e. The quantitative estimate of drug-likeness (QED) is 0.736. The zero-order chi connectivity index (χ0) is 19.5. The molecule has 6 heteroatoms. The van der Waals surface area contributed by atoms with Gasteiger partial charge >= 0.3 is 6.18 Å². The average molecular weight is 392 g/mol. The van der Waals surface area contributed by atoms with Crippen LogP contribution in [0.3, 0.4) is 0 Å². The minimum Gasteiger partial charge on any atom is -0.368 e. The molecule has 1 aromatic rings. The lowest BCUT2D eigenvalue weighted by Gasteiger charge is -2.57. The maximum atomic E-state index is 13.4. The van der Waals surface area contributed by atoms with E-state index >= 15 is 0 Å². The summed E-state index contributed by atoms with van der Waals surface area (Å²) in [6.07, 6.45) is 2.80. The number of anilines is 1. The van der Waals surface area contributed by atoms with E-state index in [2.05, 4.69) is 0 Å². The number of nitrogens with zero attached hydrogens (tertiary/aromatic N) is 2. The van der Waals surface area contributed by atoms with Crippen molar-refractivity contribution in [3.05, 3.63) is 29.8 Å². The molecule has 4 bridgehead atoms. The van der Waals surface area contributed by atoms with Crippen LogP contribution >= 0.6 is 0 Å². The van der Waals surface area contributed by atoms with Gasteiger partial charge in [0.05, 0.1) is 11.0 Å². The second-order valence-corrected chi connectivity index (χ2v) is 9.53. The molecule has 5 fully saturated rings. The second kappa shape index (κ2) is 6.39. The Morgan fingerprint density at radius 3 is 2.04 bits per heavy atom. The third-order valence-corrected chi connectivity index (χ3v) is 7.60. The van der Waals surface area contributed by atoms with Crippen LogP contribution in [0.2, 0.25) is 0 Å². The topological polar surface area (TPSA) is 23.6 Å². The van der Waals surface area contributed by atoms with Crippen molar-refractivity contribution in [2.24, 2.45) is 23.2 Å². The van der Waals surface area contributed by atoms with Gasteiger partial charge in [-0.25, -0.2) is 0 Å². The van der Waals surface area contributed by atoms with Gasteiger partial charge in [0.15, 0.2) is 0 Å². The summed E-state index contributed by atoms with van der Waals surface area (Å²) in [5.41, 5.74) is -0.151. The highest BCUT2D eigenvalue weighted by Gasteiger charge is 2.55. The number of carbonyl (C=O) groups is 1. The number of halogens is 3. The van der Waals surface area contributed by atoms with Crippen LogP contribution in [0, 0.1) is 23.2 Å². The number of piperazine rings is 1. The van der Waals surface area contributed by atoms with E-state index in [1.807, 2.05) is 9.80 Å². The van der Waals surface area contributed by atoms with Crippen molar-refractivity contribution in [2.75, 3.05) is 31.1 Å². The summed E-state index contributed by atoms with van der Waals surface area (Å²) >= 11 is 0. The first-order valence-electron chi connectivity index (χ1n) is 10.5. The molecule has 0 unspecified atom stereocenters. The maximum absolute atomic E-state index is 13.4. The lowest BCUT2D eigenvalue weighted by Crippen LogP contribution is -2.58. The van der Waals surface area contributed by atoms with E-state index in [0.29, 0.717) is 37.8 Å². The molecule has 1 amide bonds. The van der Waals surface area contributed by atoms with E-state index in [1.54, 1.807) is 6.07 Å². The van der Waals surface area contributed by atoms with E-state index in [-0.39, 0.29) is 5.41 Å². The fourth-order valence-corrected chi connectivity index (χ4v) is 6.75. The lowest BCUT2D eigenvalue weighted by molar-refractivity contribution is -0.158. The average Bonchev–Trinajstić information content (AvgIpc) is 2.66. The first-order valence-corrected chi connectivity index (χ1v) is 10.5. The van der Waals surface area contributed by atoms with Crippen LogP contribution in [0.4, 0.5) is 18.9 Å². The van der Waals surface area contributed by atoms with Gasteiger partial charge in [0, 0.05) is 31.9 Å². The molecule has 0 aromatic heterocycles. The predicted molar refractivity (Wildman–Crippen MR) is 101 cm³/mol. The standard InChI is InChI=1S/C22H27F3N2O/c23-22(24,25)18-2-1-3-19(11-18)26-4-6-27(7-5-26)20(28)21-12-15-8-16(13-21)10-17(9-15)14-21/h1-3,11,15-17H,4-10,12-14H2. The van der Waals surface area contributed by atoms with Crippen LogP contribution in [0.5, 0.6) is 0 Å². The highest BCUT2D eigenvalue weighted by Crippen LogP contribution is 2.60. The molecule has 152 valence electrons. The lowest BCUT2D eigenvalue weighted by atomic mass is 9.49. The first kappa shape index (κ1) is 18.3. The zero-order valence-corrected chi connectivity index (χ0v) is 16.0. The van der Waals surface area contributed by atoms with Gasteiger partial charge in [0.1, 0.15) is 0 Å². The van der Waals surface area contributed by atoms with Gasteiger partial charge in [-0.05, 0) is 74.5 Å². The molecule has 1 aromatic carbocycles. The van der Waals surface area contributed by atoms with E-state index in [0.717, 1.165) is 43.1 Å². The van der Waals surface area contributed by atoms with Crippen molar-refractivity contribution in [1.29, 1.82) is 0 Å². The number of rotatable bonds is 2. The molecule has 3 nitrogen and oxygen atoms in total. The normalized spacial score (nSPS) is 34.8. The minimum atomic E-state index is -4.33. The summed E-state index contributed by atoms with van der Waals surface area (Å²) in [6.45, 7) is 2.41. The van der Waals surface area contributed by atoms with Crippen LogP contribution in [0.1, 0.15) is 44.1 Å². The van der Waals surface area contributed by atoms with Crippen LogP contribution in [0.15, 0.2) is 24.3 Å². The van der Waals surface area contributed by atoms with Crippen molar-refractivity contribution < 1.29 is 18.0 Å². The summed E-state index contributed by atoms with van der Waals surface area (Å²) in [4.78, 5) is 17.4. The number of carbonyl (C=O) groups excluding carboxylic acids is 1. The molecular weight excluding hydrogens is 365 g/mol. The summed E-state index contributed by atoms with van der Waals surface area (Å²) in [5, 5.41) is 0. The van der Waals surface area contributed by atoms with Crippen molar-refractivity contribution in [3.63, 3.8) is 0 Å². The Labute approximate surface area is 163 Å². The minimum absolute atomic E-state index is 0.132. The van der Waals surface area contributed by atoms with Gasteiger partial charge in [0.25, 0.3) is 0 Å². The van der Waals surface area contributed by atoms with Gasteiger partial charge in [-0.3, -0.25) is 4.79 Å². The van der Waals surface area contributed by atoms with Gasteiger partial charge in [0.2, 0.25) is 5.91 Å². The van der Waals surface area contributed by atoms with Crippen molar-refractivity contribution in [2.45, 2.75) is 44.7 Å². The molecule has 0 spiro atoms. The largest absolute Gasteiger partial charge is 0.416 e. The number of benzene rings is 1. The van der Waals surface area contributed by atoms with Crippen LogP contribution < -0.4 is 4.90 Å². The van der Waals surface area contributed by atoms with E-state index < -0.39 is 11.7 Å². The highest BCUT2D eigenvalue weighted by atomic mass is 19.4. The highest BCUT2D eigenvalue weighted by molar-refractivity contribution is 5.83. The number of hydrogen-bond donors (Lipinski definition) is 0. The molecule has 4 saturated carbocycles. The Hall–Kier alpha value is -1.72. The third-order valence-electron chi connectivity index (χ3n) is 7.60. The van der Waals surface area contributed by atoms with Crippen LogP contribution in [-0.2, 0) is 11.0 Å². The Bertz CT molecular complexity index is 732. The molecule has 1 aliphatic heterocycles. The fourth-order valence-electron chi connectivity index (χ4n) is 6.75. The Morgan fingerprint density at radius 2 is 1.50 bits per heavy atom. The molecule has 6 rings (SSSR count). The van der Waals surface area contributed by atoms with Gasteiger partial charge in [-0.15, -0.1) is 0 Å². The van der Waals surface area contributed by atoms with E-state index in [9.17, 15) is 18.0 Å². The van der Waals surface area contributed by atoms with E-state index in [1.165, 1.54) is 31.4 Å². The van der Waals surface area contributed by atoms with Crippen LogP contribution in [-0.4, -0.2) is 37.0 Å². The Morgan fingerprint density at radius 1 is 0.929 bits per heavy atom. The zero-order valence-electron chi connectivity index (χ0n) is 16.0. The van der Waals surface area contributed by atoms with Gasteiger partial charge in [-0.2, -0.15) is 13.2 Å². The molecule has 1 saturated heterocycles. The molecule has 1 heterocycles. The molecule has 4 aliphatic carbocycles. The van der Waals surface area contributed by atoms with Crippen molar-refractivity contribution in [3.8, 4) is 0 Å². The second-order valence-electron chi connectivity index (χ2n) is 9.53. The predicted octanol–water partition coefficient (Wildman–Crippen LogP) is 4.57. The van der Waals surface area contributed by atoms with Crippen molar-refractivity contribution in [1.82, 2.24) is 4.90 Å². The molecule has 5 aliphatic rings. The third kappa shape index (κ3) is 3.09. The molecular formula is C22H27F3N2O. The summed E-state index contributed by atoms with van der Waals surface area (Å²) in [5.74, 6) is 2.54. The number of amides is 1. The molecule has 0 atom stereocenters. The molecule has 28 heavy (non-hydrogen) atoms. The summed E-state index contributed by atoms with van der Waals surface area (Å²) in [7, 11) is 0. The Balaban J connectivity index is 1.26. The monoisotopic (exact) mass is 392 g/mol. The van der Waals surface area contributed by atoms with Gasteiger partial charge in [-0.1, -0.05) is 6.07 Å². The van der Waals surface area contributed by atoms with Gasteiger partial charge < -0.3 is 9.80 Å². The smallest absolute Gasteiger partial charge is 0.368 e. The SMILES string of the molecule is O=C(N1CCN(c2cccc(C(F)(F)F)c2)CC1)C12CC3CC(CC(C3)C1)C2.